The molecule has 6 heteroatoms. The Morgan fingerprint density at radius 1 is 1.39 bits per heavy atom. The van der Waals surface area contributed by atoms with Crippen LogP contribution in [0.5, 0.6) is 5.75 Å². The maximum atomic E-state index is 11.9. The minimum Gasteiger partial charge on any atom is -0.492 e. The molecule has 18 heavy (non-hydrogen) atoms. The molecule has 1 unspecified atom stereocenters. The van der Waals surface area contributed by atoms with Crippen molar-refractivity contribution in [1.82, 2.24) is 0 Å². The summed E-state index contributed by atoms with van der Waals surface area (Å²) in [5.74, 6) is 0.455. The van der Waals surface area contributed by atoms with Gasteiger partial charge in [-0.1, -0.05) is 19.1 Å². The summed E-state index contributed by atoms with van der Waals surface area (Å²) in [5, 5.41) is 7.75. The largest absolute Gasteiger partial charge is 0.492 e. The van der Waals surface area contributed by atoms with Gasteiger partial charge in [0.15, 0.2) is 5.25 Å². The highest BCUT2D eigenvalue weighted by Gasteiger charge is 2.24. The average Bonchev–Trinajstić information content (AvgIpc) is 2.32. The number of ether oxygens (including phenoxy) is 1. The van der Waals surface area contributed by atoms with Crippen molar-refractivity contribution in [3.63, 3.8) is 0 Å². The fourth-order valence-corrected chi connectivity index (χ4v) is 2.63. The molecule has 1 atom stereocenters. The fraction of sp³-hybridized carbons (Fsp3) is 0.417. The van der Waals surface area contributed by atoms with Gasteiger partial charge in [0.25, 0.3) is 0 Å². The van der Waals surface area contributed by atoms with Crippen LogP contribution in [0.2, 0.25) is 0 Å². The van der Waals surface area contributed by atoms with Crippen LogP contribution < -0.4 is 9.46 Å². The normalized spacial score (nSPS) is 12.5. The van der Waals surface area contributed by atoms with E-state index in [1.54, 1.807) is 37.3 Å². The highest BCUT2D eigenvalue weighted by molar-refractivity contribution is 7.93. The lowest BCUT2D eigenvalue weighted by molar-refractivity contribution is 0.342. The zero-order chi connectivity index (χ0) is 13.6. The highest BCUT2D eigenvalue weighted by atomic mass is 32.2. The topological polar surface area (TPSA) is 79.2 Å². The van der Waals surface area contributed by atoms with Crippen molar-refractivity contribution in [1.29, 1.82) is 5.26 Å². The summed E-state index contributed by atoms with van der Waals surface area (Å²) >= 11 is 0. The molecule has 5 nitrogen and oxygen atoms in total. The lowest BCUT2D eigenvalue weighted by Gasteiger charge is -2.14. The molecular weight excluding hydrogens is 252 g/mol. The third-order valence-corrected chi connectivity index (χ3v) is 4.02. The molecule has 0 saturated carbocycles. The number of anilines is 1. The van der Waals surface area contributed by atoms with E-state index in [0.717, 1.165) is 0 Å². The van der Waals surface area contributed by atoms with Crippen LogP contribution in [0, 0.1) is 11.3 Å². The molecule has 0 spiro atoms. The van der Waals surface area contributed by atoms with E-state index < -0.39 is 15.3 Å². The molecule has 0 radical (unpaired) electrons. The highest BCUT2D eigenvalue weighted by Crippen LogP contribution is 2.25. The Hall–Kier alpha value is -1.74. The predicted octanol–water partition coefficient (Wildman–Crippen LogP) is 2.13. The number of rotatable bonds is 6. The summed E-state index contributed by atoms with van der Waals surface area (Å²) in [4.78, 5) is 0. The van der Waals surface area contributed by atoms with Crippen molar-refractivity contribution in [2.75, 3.05) is 11.3 Å². The zero-order valence-electron chi connectivity index (χ0n) is 10.4. The van der Waals surface area contributed by atoms with E-state index in [1.807, 2.05) is 6.92 Å². The Bertz CT molecular complexity index is 534. The molecule has 1 aromatic carbocycles. The third kappa shape index (κ3) is 3.37. The number of sulfonamides is 1. The molecule has 0 heterocycles. The first-order valence-electron chi connectivity index (χ1n) is 5.68. The van der Waals surface area contributed by atoms with Crippen molar-refractivity contribution in [3.8, 4) is 11.8 Å². The molecule has 0 aromatic heterocycles. The molecule has 0 aliphatic heterocycles. The van der Waals surface area contributed by atoms with Gasteiger partial charge < -0.3 is 4.74 Å². The van der Waals surface area contributed by atoms with E-state index in [4.69, 9.17) is 10.00 Å². The van der Waals surface area contributed by atoms with Gasteiger partial charge in [0, 0.05) is 0 Å². The summed E-state index contributed by atoms with van der Waals surface area (Å²) in [6.07, 6.45) is 0.239. The number of para-hydroxylation sites is 2. The van der Waals surface area contributed by atoms with Crippen LogP contribution in [0.15, 0.2) is 24.3 Å². The predicted molar refractivity (Wildman–Crippen MR) is 69.8 cm³/mol. The van der Waals surface area contributed by atoms with Crippen LogP contribution in [0.3, 0.4) is 0 Å². The first-order chi connectivity index (χ1) is 8.55. The SMILES string of the molecule is CCOc1ccccc1NS(=O)(=O)C(C#N)CC. The maximum absolute atomic E-state index is 11.9. The van der Waals surface area contributed by atoms with Crippen molar-refractivity contribution in [2.45, 2.75) is 25.5 Å². The van der Waals surface area contributed by atoms with Gasteiger partial charge in [-0.25, -0.2) is 8.42 Å². The van der Waals surface area contributed by atoms with Gasteiger partial charge in [-0.3, -0.25) is 4.72 Å². The first kappa shape index (κ1) is 14.3. The molecule has 0 bridgehead atoms. The van der Waals surface area contributed by atoms with E-state index >= 15 is 0 Å². The van der Waals surface area contributed by atoms with Gasteiger partial charge in [0.05, 0.1) is 18.4 Å². The first-order valence-corrected chi connectivity index (χ1v) is 7.22. The molecule has 1 rings (SSSR count). The Labute approximate surface area is 107 Å². The zero-order valence-corrected chi connectivity index (χ0v) is 11.2. The van der Waals surface area contributed by atoms with Crippen molar-refractivity contribution >= 4 is 15.7 Å². The second kappa shape index (κ2) is 6.26. The van der Waals surface area contributed by atoms with Crippen LogP contribution >= 0.6 is 0 Å². The second-order valence-corrected chi connectivity index (χ2v) is 5.47. The Balaban J connectivity index is 3.01. The number of hydrogen-bond donors (Lipinski definition) is 1. The summed E-state index contributed by atoms with van der Waals surface area (Å²) in [5.41, 5.74) is 0.355. The van der Waals surface area contributed by atoms with E-state index in [9.17, 15) is 8.42 Å². The fourth-order valence-electron chi connectivity index (χ4n) is 1.44. The molecule has 0 saturated heterocycles. The molecular formula is C12H16N2O3S. The van der Waals surface area contributed by atoms with Gasteiger partial charge in [0.1, 0.15) is 5.75 Å². The Morgan fingerprint density at radius 2 is 2.06 bits per heavy atom. The van der Waals surface area contributed by atoms with Gasteiger partial charge in [-0.2, -0.15) is 5.26 Å². The standard InChI is InChI=1S/C12H16N2O3S/c1-3-10(9-13)18(15,16)14-11-7-5-6-8-12(11)17-4-2/h5-8,10,14H,3-4H2,1-2H3. The molecule has 0 aliphatic rings. The third-order valence-electron chi connectivity index (χ3n) is 2.33. The molecule has 1 aromatic rings. The molecule has 0 aliphatic carbocycles. The van der Waals surface area contributed by atoms with E-state index in [2.05, 4.69) is 4.72 Å². The van der Waals surface area contributed by atoms with Crippen molar-refractivity contribution in [2.24, 2.45) is 0 Å². The molecule has 0 fully saturated rings. The number of hydrogen-bond acceptors (Lipinski definition) is 4. The van der Waals surface area contributed by atoms with Crippen molar-refractivity contribution < 1.29 is 13.2 Å². The van der Waals surface area contributed by atoms with Crippen LogP contribution in [-0.2, 0) is 10.0 Å². The van der Waals surface area contributed by atoms with Gasteiger partial charge >= 0.3 is 0 Å². The monoisotopic (exact) mass is 268 g/mol. The van der Waals surface area contributed by atoms with E-state index in [0.29, 0.717) is 18.0 Å². The van der Waals surface area contributed by atoms with Crippen LogP contribution in [0.1, 0.15) is 20.3 Å². The lowest BCUT2D eigenvalue weighted by atomic mass is 10.3. The van der Waals surface area contributed by atoms with Gasteiger partial charge in [0.2, 0.25) is 10.0 Å². The smallest absolute Gasteiger partial charge is 0.249 e. The average molecular weight is 268 g/mol. The second-order valence-electron chi connectivity index (χ2n) is 3.60. The summed E-state index contributed by atoms with van der Waals surface area (Å²) in [6, 6.07) is 8.51. The summed E-state index contributed by atoms with van der Waals surface area (Å²) < 4.78 is 31.6. The quantitative estimate of drug-likeness (QED) is 0.857. The Kier molecular flexibility index (Phi) is 4.98. The minimum absolute atomic E-state index is 0.239. The minimum atomic E-state index is -3.71. The van der Waals surface area contributed by atoms with E-state index in [1.165, 1.54) is 0 Å². The van der Waals surface area contributed by atoms with Crippen LogP contribution in [-0.4, -0.2) is 20.3 Å². The Morgan fingerprint density at radius 3 is 2.61 bits per heavy atom. The summed E-state index contributed by atoms with van der Waals surface area (Å²) in [6.45, 7) is 3.91. The van der Waals surface area contributed by atoms with Gasteiger partial charge in [-0.05, 0) is 25.5 Å². The lowest BCUT2D eigenvalue weighted by Crippen LogP contribution is -2.26. The molecule has 0 amide bonds. The van der Waals surface area contributed by atoms with E-state index in [-0.39, 0.29) is 6.42 Å². The van der Waals surface area contributed by atoms with Crippen molar-refractivity contribution in [3.05, 3.63) is 24.3 Å². The molecule has 1 N–H and O–H groups in total. The molecule has 98 valence electrons. The number of nitriles is 1. The van der Waals surface area contributed by atoms with Crippen LogP contribution in [0.25, 0.3) is 0 Å². The number of benzene rings is 1. The summed E-state index contributed by atoms with van der Waals surface area (Å²) in [7, 11) is -3.71. The van der Waals surface area contributed by atoms with Gasteiger partial charge in [-0.15, -0.1) is 0 Å². The number of nitrogens with zero attached hydrogens (tertiary/aromatic N) is 1. The number of nitrogens with one attached hydrogen (secondary N) is 1. The van der Waals surface area contributed by atoms with Crippen LogP contribution in [0.4, 0.5) is 5.69 Å². The maximum Gasteiger partial charge on any atom is 0.249 e.